The Morgan fingerprint density at radius 2 is 2.17 bits per heavy atom. The van der Waals surface area contributed by atoms with E-state index in [-0.39, 0.29) is 0 Å². The molecule has 0 saturated heterocycles. The maximum atomic E-state index is 5.15. The van der Waals surface area contributed by atoms with E-state index in [4.69, 9.17) is 8.94 Å². The van der Waals surface area contributed by atoms with Crippen molar-refractivity contribution in [3.05, 3.63) is 48.6 Å². The highest BCUT2D eigenvalue weighted by Crippen LogP contribution is 2.13. The average Bonchev–Trinajstić information content (AvgIpc) is 3.09. The SMILES string of the molecule is C(=C\c1nc(-c2cnccn2)no1)/c1ccco1. The number of furan rings is 1. The maximum Gasteiger partial charge on any atom is 0.251 e. The molecule has 6 nitrogen and oxygen atoms in total. The Morgan fingerprint density at radius 3 is 2.94 bits per heavy atom. The van der Waals surface area contributed by atoms with Gasteiger partial charge >= 0.3 is 0 Å². The van der Waals surface area contributed by atoms with Crippen LogP contribution >= 0.6 is 0 Å². The van der Waals surface area contributed by atoms with Gasteiger partial charge in [-0.05, 0) is 18.2 Å². The van der Waals surface area contributed by atoms with Gasteiger partial charge in [0.25, 0.3) is 5.89 Å². The van der Waals surface area contributed by atoms with E-state index in [1.54, 1.807) is 43.1 Å². The molecule has 0 fully saturated rings. The fraction of sp³-hybridized carbons (Fsp3) is 0. The molecule has 0 radical (unpaired) electrons. The molecule has 3 aromatic heterocycles. The van der Waals surface area contributed by atoms with Crippen LogP contribution in [0.3, 0.4) is 0 Å². The Kier molecular flexibility index (Phi) is 2.67. The molecule has 0 unspecified atom stereocenters. The van der Waals surface area contributed by atoms with E-state index in [2.05, 4.69) is 20.1 Å². The summed E-state index contributed by atoms with van der Waals surface area (Å²) >= 11 is 0. The van der Waals surface area contributed by atoms with E-state index < -0.39 is 0 Å². The van der Waals surface area contributed by atoms with Crippen LogP contribution in [0.15, 0.2) is 45.9 Å². The second kappa shape index (κ2) is 4.62. The summed E-state index contributed by atoms with van der Waals surface area (Å²) in [5.41, 5.74) is 0.568. The fourth-order valence-corrected chi connectivity index (χ4v) is 1.36. The van der Waals surface area contributed by atoms with Gasteiger partial charge in [0.1, 0.15) is 11.5 Å². The summed E-state index contributed by atoms with van der Waals surface area (Å²) in [5.74, 6) is 1.50. The second-order valence-electron chi connectivity index (χ2n) is 3.40. The fourth-order valence-electron chi connectivity index (χ4n) is 1.36. The molecular formula is C12H8N4O2. The Labute approximate surface area is 102 Å². The van der Waals surface area contributed by atoms with E-state index in [1.807, 2.05) is 6.07 Å². The highest BCUT2D eigenvalue weighted by atomic mass is 16.5. The van der Waals surface area contributed by atoms with E-state index in [9.17, 15) is 0 Å². The first kappa shape index (κ1) is 10.4. The van der Waals surface area contributed by atoms with Crippen LogP contribution in [0.1, 0.15) is 11.7 Å². The Balaban J connectivity index is 1.82. The van der Waals surface area contributed by atoms with Gasteiger partial charge in [-0.3, -0.25) is 4.98 Å². The zero-order valence-electron chi connectivity index (χ0n) is 9.22. The van der Waals surface area contributed by atoms with Gasteiger partial charge in [0.05, 0.1) is 12.5 Å². The minimum Gasteiger partial charge on any atom is -0.465 e. The Bertz CT molecular complexity index is 644. The molecule has 3 rings (SSSR count). The van der Waals surface area contributed by atoms with Crippen molar-refractivity contribution in [2.75, 3.05) is 0 Å². The minimum atomic E-state index is 0.382. The average molecular weight is 240 g/mol. The summed E-state index contributed by atoms with van der Waals surface area (Å²) in [6, 6.07) is 3.63. The largest absolute Gasteiger partial charge is 0.465 e. The third-order valence-electron chi connectivity index (χ3n) is 2.17. The molecule has 0 aliphatic heterocycles. The van der Waals surface area contributed by atoms with Crippen molar-refractivity contribution in [1.29, 1.82) is 0 Å². The van der Waals surface area contributed by atoms with Crippen LogP contribution in [-0.2, 0) is 0 Å². The number of hydrogen-bond acceptors (Lipinski definition) is 6. The molecule has 0 saturated carbocycles. The minimum absolute atomic E-state index is 0.382. The van der Waals surface area contributed by atoms with Gasteiger partial charge in [0, 0.05) is 18.5 Å². The maximum absolute atomic E-state index is 5.15. The lowest BCUT2D eigenvalue weighted by Crippen LogP contribution is -1.85. The lowest BCUT2D eigenvalue weighted by atomic mass is 10.4. The van der Waals surface area contributed by atoms with Crippen molar-refractivity contribution in [2.24, 2.45) is 0 Å². The topological polar surface area (TPSA) is 77.8 Å². The zero-order valence-corrected chi connectivity index (χ0v) is 9.22. The second-order valence-corrected chi connectivity index (χ2v) is 3.40. The number of aromatic nitrogens is 4. The third kappa shape index (κ3) is 2.17. The van der Waals surface area contributed by atoms with Crippen LogP contribution in [0.2, 0.25) is 0 Å². The van der Waals surface area contributed by atoms with Crippen LogP contribution in [0, 0.1) is 0 Å². The predicted octanol–water partition coefficient (Wildman–Crippen LogP) is 2.29. The lowest BCUT2D eigenvalue weighted by molar-refractivity contribution is 0.411. The quantitative estimate of drug-likeness (QED) is 0.698. The first-order valence-electron chi connectivity index (χ1n) is 5.23. The van der Waals surface area contributed by atoms with Crippen LogP contribution in [-0.4, -0.2) is 20.1 Å². The molecular weight excluding hydrogens is 232 g/mol. The number of hydrogen-bond donors (Lipinski definition) is 0. The van der Waals surface area contributed by atoms with E-state index in [0.29, 0.717) is 23.2 Å². The van der Waals surface area contributed by atoms with E-state index >= 15 is 0 Å². The van der Waals surface area contributed by atoms with Crippen molar-refractivity contribution >= 4 is 12.2 Å². The van der Waals surface area contributed by atoms with Crippen molar-refractivity contribution in [3.8, 4) is 11.5 Å². The summed E-state index contributed by atoms with van der Waals surface area (Å²) in [4.78, 5) is 12.2. The highest BCUT2D eigenvalue weighted by molar-refractivity contribution is 5.63. The Morgan fingerprint density at radius 1 is 1.17 bits per heavy atom. The number of nitrogens with zero attached hydrogens (tertiary/aromatic N) is 4. The normalized spacial score (nSPS) is 11.1. The number of rotatable bonds is 3. The van der Waals surface area contributed by atoms with Crippen molar-refractivity contribution in [3.63, 3.8) is 0 Å². The molecule has 0 amide bonds. The molecule has 0 aliphatic rings. The molecule has 0 bridgehead atoms. The highest BCUT2D eigenvalue weighted by Gasteiger charge is 2.07. The van der Waals surface area contributed by atoms with Gasteiger partial charge in [-0.2, -0.15) is 4.98 Å². The van der Waals surface area contributed by atoms with Gasteiger partial charge in [0.2, 0.25) is 5.82 Å². The summed E-state index contributed by atoms with van der Waals surface area (Å²) in [6.45, 7) is 0. The summed E-state index contributed by atoms with van der Waals surface area (Å²) in [5, 5.41) is 3.82. The van der Waals surface area contributed by atoms with Gasteiger partial charge in [0.15, 0.2) is 0 Å². The van der Waals surface area contributed by atoms with Crippen molar-refractivity contribution in [1.82, 2.24) is 20.1 Å². The first-order valence-corrected chi connectivity index (χ1v) is 5.23. The molecule has 3 aromatic rings. The predicted molar refractivity (Wildman–Crippen MR) is 63.0 cm³/mol. The lowest BCUT2D eigenvalue weighted by Gasteiger charge is -1.88. The van der Waals surface area contributed by atoms with Crippen LogP contribution in [0.4, 0.5) is 0 Å². The van der Waals surface area contributed by atoms with Crippen LogP contribution in [0.5, 0.6) is 0 Å². The molecule has 6 heteroatoms. The summed E-state index contributed by atoms with van der Waals surface area (Å²) in [6.07, 6.45) is 9.74. The molecule has 0 aromatic carbocycles. The monoisotopic (exact) mass is 240 g/mol. The molecule has 88 valence electrons. The molecule has 0 aliphatic carbocycles. The molecule has 3 heterocycles. The smallest absolute Gasteiger partial charge is 0.251 e. The van der Waals surface area contributed by atoms with Gasteiger partial charge < -0.3 is 8.94 Å². The summed E-state index contributed by atoms with van der Waals surface area (Å²) < 4.78 is 10.2. The van der Waals surface area contributed by atoms with E-state index in [0.717, 1.165) is 0 Å². The molecule has 0 atom stereocenters. The molecule has 18 heavy (non-hydrogen) atoms. The zero-order chi connectivity index (χ0) is 12.2. The van der Waals surface area contributed by atoms with Crippen LogP contribution < -0.4 is 0 Å². The van der Waals surface area contributed by atoms with Crippen LogP contribution in [0.25, 0.3) is 23.7 Å². The van der Waals surface area contributed by atoms with Crippen molar-refractivity contribution in [2.45, 2.75) is 0 Å². The van der Waals surface area contributed by atoms with Gasteiger partial charge in [-0.25, -0.2) is 4.98 Å². The Hall–Kier alpha value is -2.76. The van der Waals surface area contributed by atoms with E-state index in [1.165, 1.54) is 0 Å². The van der Waals surface area contributed by atoms with Gasteiger partial charge in [-0.1, -0.05) is 5.16 Å². The third-order valence-corrected chi connectivity index (χ3v) is 2.17. The first-order chi connectivity index (χ1) is 8.92. The molecule has 0 N–H and O–H groups in total. The van der Waals surface area contributed by atoms with Crippen molar-refractivity contribution < 1.29 is 8.94 Å². The standard InChI is InChI=1S/C12H8N4O2/c1-2-9(17-7-1)3-4-11-15-12(16-18-11)10-8-13-5-6-14-10/h1-8H/b4-3+. The summed E-state index contributed by atoms with van der Waals surface area (Å²) in [7, 11) is 0. The van der Waals surface area contributed by atoms with Gasteiger partial charge in [-0.15, -0.1) is 0 Å². The molecule has 0 spiro atoms.